The molecule has 0 radical (unpaired) electrons. The summed E-state index contributed by atoms with van der Waals surface area (Å²) in [5.74, 6) is 0. The number of nitrogens with one attached hydrogen (secondary N) is 1. The van der Waals surface area contributed by atoms with Crippen molar-refractivity contribution in [2.75, 3.05) is 6.50 Å². The highest BCUT2D eigenvalue weighted by atomic mass is 32.3. The van der Waals surface area contributed by atoms with Gasteiger partial charge in [0.2, 0.25) is 10.0 Å². The van der Waals surface area contributed by atoms with E-state index in [1.807, 2.05) is 0 Å². The molecule has 0 aromatic carbocycles. The summed E-state index contributed by atoms with van der Waals surface area (Å²) in [7, 11) is -7.93. The molecule has 3 N–H and O–H groups in total. The van der Waals surface area contributed by atoms with Crippen molar-refractivity contribution >= 4 is 31.2 Å². The molecule has 1 aliphatic heterocycles. The lowest BCUT2D eigenvalue weighted by Gasteiger charge is -2.27. The molecule has 0 fully saturated rings. The van der Waals surface area contributed by atoms with Crippen LogP contribution in [0.3, 0.4) is 0 Å². The van der Waals surface area contributed by atoms with E-state index in [2.05, 4.69) is 5.32 Å². The van der Waals surface area contributed by atoms with E-state index in [9.17, 15) is 16.8 Å². The van der Waals surface area contributed by atoms with Crippen LogP contribution in [0.4, 0.5) is 0 Å². The van der Waals surface area contributed by atoms with E-state index in [-0.39, 0.29) is 20.4 Å². The highest BCUT2D eigenvalue weighted by molar-refractivity contribution is 7.95. The van der Waals surface area contributed by atoms with E-state index in [1.165, 1.54) is 6.92 Å². The van der Waals surface area contributed by atoms with E-state index in [1.54, 1.807) is 0 Å². The summed E-state index contributed by atoms with van der Waals surface area (Å²) in [6, 6.07) is 0.0900. The number of thiophene rings is 1. The minimum atomic E-state index is -4.14. The van der Waals surface area contributed by atoms with Crippen LogP contribution >= 0.6 is 11.3 Å². The summed E-state index contributed by atoms with van der Waals surface area (Å²) >= 11 is 0.486. The van der Waals surface area contributed by atoms with Gasteiger partial charge in [0, 0.05) is 18.5 Å². The molecule has 0 bridgehead atoms. The Morgan fingerprint density at radius 1 is 1.68 bits per heavy atom. The van der Waals surface area contributed by atoms with Crippen molar-refractivity contribution in [2.24, 2.45) is 5.14 Å². The van der Waals surface area contributed by atoms with E-state index in [0.717, 1.165) is 6.07 Å². The minimum absolute atomic E-state index is 0.0234. The van der Waals surface area contributed by atoms with Crippen molar-refractivity contribution in [3.8, 4) is 0 Å². The van der Waals surface area contributed by atoms with Gasteiger partial charge in [0.15, 0.2) is 9.84 Å². The molecule has 19 heavy (non-hydrogen) atoms. The Kier molecular flexibility index (Phi) is 2.39. The fourth-order valence-corrected chi connectivity index (χ4v) is 6.38. The predicted molar refractivity (Wildman–Crippen MR) is 73.4 cm³/mol. The lowest BCUT2D eigenvalue weighted by molar-refractivity contribution is 0.477. The topological polar surface area (TPSA) is 106 Å². The van der Waals surface area contributed by atoms with Gasteiger partial charge in [0.1, 0.15) is 8.42 Å². The Bertz CT molecular complexity index is 860. The second-order valence-electron chi connectivity index (χ2n) is 4.27. The molecule has 2 heterocycles. The smallest absolute Gasteiger partial charge is 0.247 e. The normalized spacial score (nSPS) is 31.4. The molecular weight excluding hydrogens is 308 g/mol. The number of primary sulfonamides is 1. The SMILES string of the molecule is [2H]C([2H])([2H])C([2H])([2H])N[C@H]1C[C@H](C)S(=O)(=O)c2sc(S(N)(=O)=O)cc21. The van der Waals surface area contributed by atoms with Crippen LogP contribution < -0.4 is 10.5 Å². The van der Waals surface area contributed by atoms with Gasteiger partial charge in [0.25, 0.3) is 0 Å². The van der Waals surface area contributed by atoms with Crippen LogP contribution in [0.15, 0.2) is 14.5 Å². The van der Waals surface area contributed by atoms with Gasteiger partial charge in [-0.05, 0) is 25.9 Å². The summed E-state index contributed by atoms with van der Waals surface area (Å²) in [6.45, 7) is -4.36. The molecule has 9 heteroatoms. The van der Waals surface area contributed by atoms with Crippen LogP contribution in [0.25, 0.3) is 0 Å². The third-order valence-corrected chi connectivity index (χ3v) is 8.28. The minimum Gasteiger partial charge on any atom is -0.310 e. The predicted octanol–water partition coefficient (Wildman–Crippen LogP) is 0.612. The van der Waals surface area contributed by atoms with E-state index in [0.29, 0.717) is 11.3 Å². The molecule has 0 unspecified atom stereocenters. The summed E-state index contributed by atoms with van der Waals surface area (Å²) in [6.07, 6.45) is -0.0916. The van der Waals surface area contributed by atoms with Crippen LogP contribution in [0.1, 0.15) is 38.7 Å². The van der Waals surface area contributed by atoms with Gasteiger partial charge in [-0.2, -0.15) is 0 Å². The standard InChI is InChI=1S/C10H16N2O4S3/c1-3-12-8-4-6(2)18(13,14)10-7(8)5-9(17-10)19(11,15)16/h5-6,8,12H,3-4H2,1-2H3,(H2,11,15,16)/t6-,8-/m0/s1/i1D3,3D2. The Balaban J connectivity index is 2.57. The van der Waals surface area contributed by atoms with Crippen molar-refractivity contribution in [3.05, 3.63) is 11.6 Å². The number of nitrogens with two attached hydrogens (primary N) is 1. The Morgan fingerprint density at radius 2 is 2.37 bits per heavy atom. The maximum Gasteiger partial charge on any atom is 0.247 e. The molecule has 2 atom stereocenters. The average molecular weight is 329 g/mol. The number of sulfone groups is 1. The number of sulfonamides is 1. The van der Waals surface area contributed by atoms with Crippen molar-refractivity contribution in [1.29, 1.82) is 0 Å². The van der Waals surface area contributed by atoms with Gasteiger partial charge >= 0.3 is 0 Å². The monoisotopic (exact) mass is 329 g/mol. The molecule has 0 saturated carbocycles. The van der Waals surface area contributed by atoms with Crippen molar-refractivity contribution in [2.45, 2.75) is 39.9 Å². The zero-order chi connectivity index (χ0) is 18.7. The van der Waals surface area contributed by atoms with Gasteiger partial charge in [-0.3, -0.25) is 0 Å². The van der Waals surface area contributed by atoms with Gasteiger partial charge in [0.05, 0.1) is 5.25 Å². The Morgan fingerprint density at radius 3 is 2.95 bits per heavy atom. The van der Waals surface area contributed by atoms with E-state index < -0.39 is 44.5 Å². The number of hydrogen-bond acceptors (Lipinski definition) is 6. The van der Waals surface area contributed by atoms with Gasteiger partial charge in [-0.25, -0.2) is 22.0 Å². The van der Waals surface area contributed by atoms with Crippen LogP contribution in [-0.4, -0.2) is 28.6 Å². The van der Waals surface area contributed by atoms with Crippen molar-refractivity contribution in [1.82, 2.24) is 5.32 Å². The zero-order valence-electron chi connectivity index (χ0n) is 14.9. The van der Waals surface area contributed by atoms with E-state index in [4.69, 9.17) is 12.0 Å². The molecule has 0 aliphatic carbocycles. The first-order valence-corrected chi connectivity index (χ1v) is 9.16. The summed E-state index contributed by atoms with van der Waals surface area (Å²) in [5.41, 5.74) is 0.0234. The first kappa shape index (κ1) is 9.46. The third kappa shape index (κ3) is 2.57. The number of rotatable bonds is 3. The third-order valence-electron chi connectivity index (χ3n) is 2.96. The number of hydrogen-bond donors (Lipinski definition) is 2. The lowest BCUT2D eigenvalue weighted by atomic mass is 10.1. The molecule has 108 valence electrons. The van der Waals surface area contributed by atoms with Crippen molar-refractivity contribution < 1.29 is 23.7 Å². The molecule has 1 aromatic rings. The van der Waals surface area contributed by atoms with Crippen LogP contribution in [-0.2, 0) is 19.9 Å². The lowest BCUT2D eigenvalue weighted by Crippen LogP contribution is -2.33. The molecular formula is C10H16N2O4S3. The van der Waals surface area contributed by atoms with E-state index >= 15 is 0 Å². The highest BCUT2D eigenvalue weighted by Crippen LogP contribution is 2.42. The molecule has 1 aliphatic rings. The summed E-state index contributed by atoms with van der Waals surface area (Å²) < 4.78 is 84.2. The first-order chi connectivity index (χ1) is 10.6. The second-order valence-corrected chi connectivity index (χ2v) is 9.67. The molecule has 1 aromatic heterocycles. The summed E-state index contributed by atoms with van der Waals surface area (Å²) in [5, 5.41) is 6.41. The van der Waals surface area contributed by atoms with Gasteiger partial charge < -0.3 is 5.32 Å². The largest absolute Gasteiger partial charge is 0.310 e. The molecule has 0 spiro atoms. The second kappa shape index (κ2) is 4.81. The maximum absolute atomic E-state index is 12.4. The van der Waals surface area contributed by atoms with Crippen LogP contribution in [0, 0.1) is 0 Å². The zero-order valence-corrected chi connectivity index (χ0v) is 12.3. The maximum atomic E-state index is 12.4. The fourth-order valence-electron chi connectivity index (χ4n) is 1.96. The van der Waals surface area contributed by atoms with Crippen LogP contribution in [0.5, 0.6) is 0 Å². The van der Waals surface area contributed by atoms with Gasteiger partial charge in [-0.15, -0.1) is 11.3 Å². The highest BCUT2D eigenvalue weighted by Gasteiger charge is 2.39. The number of fused-ring (bicyclic) bond motifs is 1. The average Bonchev–Trinajstić information content (AvgIpc) is 2.80. The quantitative estimate of drug-likeness (QED) is 0.845. The van der Waals surface area contributed by atoms with Crippen molar-refractivity contribution in [3.63, 3.8) is 0 Å². The van der Waals surface area contributed by atoms with Crippen LogP contribution in [0.2, 0.25) is 0 Å². The molecule has 0 amide bonds. The summed E-state index contributed by atoms with van der Waals surface area (Å²) in [4.78, 5) is 0. The Labute approximate surface area is 124 Å². The Hall–Kier alpha value is -0.480. The molecule has 2 rings (SSSR count). The molecule has 6 nitrogen and oxygen atoms in total. The molecule has 0 saturated heterocycles. The fraction of sp³-hybridized carbons (Fsp3) is 0.600. The first-order valence-electron chi connectivity index (χ1n) is 7.75. The van der Waals surface area contributed by atoms with Gasteiger partial charge in [-0.1, -0.05) is 6.85 Å².